The van der Waals surface area contributed by atoms with Crippen LogP contribution in [0.15, 0.2) is 22.5 Å². The molecule has 0 saturated heterocycles. The standard InChI is InChI=1S/C13H17N3O2S2/c1-10-5-6-13(19-10)20(17,18)14-8-11-9-16-7-3-2-4-12(16)15-11/h5-6,9,14H,2-4,7-8H2,1H3. The highest BCUT2D eigenvalue weighted by Crippen LogP contribution is 2.21. The summed E-state index contributed by atoms with van der Waals surface area (Å²) < 4.78 is 29.4. The molecule has 0 spiro atoms. The van der Waals surface area contributed by atoms with E-state index in [0.29, 0.717) is 4.21 Å². The fraction of sp³-hybridized carbons (Fsp3) is 0.462. The molecule has 0 atom stereocenters. The minimum Gasteiger partial charge on any atom is -0.335 e. The monoisotopic (exact) mass is 311 g/mol. The van der Waals surface area contributed by atoms with Crippen molar-refractivity contribution in [1.29, 1.82) is 0 Å². The quantitative estimate of drug-likeness (QED) is 0.940. The van der Waals surface area contributed by atoms with Crippen molar-refractivity contribution in [2.24, 2.45) is 0 Å². The van der Waals surface area contributed by atoms with Crippen molar-refractivity contribution >= 4 is 21.4 Å². The van der Waals surface area contributed by atoms with Crippen LogP contribution < -0.4 is 4.72 Å². The highest BCUT2D eigenvalue weighted by molar-refractivity contribution is 7.91. The third-order valence-corrected chi connectivity index (χ3v) is 6.28. The number of imidazole rings is 1. The van der Waals surface area contributed by atoms with E-state index in [2.05, 4.69) is 14.3 Å². The Bertz CT molecular complexity index is 692. The Morgan fingerprint density at radius 1 is 1.40 bits per heavy atom. The van der Waals surface area contributed by atoms with Crippen molar-refractivity contribution in [3.8, 4) is 0 Å². The molecule has 1 N–H and O–H groups in total. The molecule has 7 heteroatoms. The number of sulfonamides is 1. The second-order valence-electron chi connectivity index (χ2n) is 4.99. The summed E-state index contributed by atoms with van der Waals surface area (Å²) in [5, 5.41) is 0. The van der Waals surface area contributed by atoms with Crippen molar-refractivity contribution in [2.75, 3.05) is 0 Å². The van der Waals surface area contributed by atoms with Gasteiger partial charge < -0.3 is 4.57 Å². The summed E-state index contributed by atoms with van der Waals surface area (Å²) in [6.45, 7) is 3.13. The van der Waals surface area contributed by atoms with Gasteiger partial charge in [0, 0.05) is 24.0 Å². The van der Waals surface area contributed by atoms with Gasteiger partial charge in [0.05, 0.1) is 12.2 Å². The second-order valence-corrected chi connectivity index (χ2v) is 8.27. The lowest BCUT2D eigenvalue weighted by molar-refractivity contribution is 0.522. The maximum absolute atomic E-state index is 12.1. The van der Waals surface area contributed by atoms with Crippen LogP contribution in [0.25, 0.3) is 0 Å². The first-order chi connectivity index (χ1) is 9.54. The van der Waals surface area contributed by atoms with Crippen LogP contribution in [0.1, 0.15) is 29.2 Å². The molecular formula is C13H17N3O2S2. The van der Waals surface area contributed by atoms with Gasteiger partial charge in [-0.05, 0) is 31.9 Å². The normalized spacial score (nSPS) is 15.2. The Labute approximate surface area is 122 Å². The predicted octanol–water partition coefficient (Wildman–Crippen LogP) is 2.07. The lowest BCUT2D eigenvalue weighted by Gasteiger charge is -2.11. The van der Waals surface area contributed by atoms with Crippen molar-refractivity contribution in [3.63, 3.8) is 0 Å². The molecule has 1 aliphatic heterocycles. The molecule has 2 aromatic rings. The van der Waals surface area contributed by atoms with E-state index in [4.69, 9.17) is 0 Å². The van der Waals surface area contributed by atoms with Gasteiger partial charge in [-0.15, -0.1) is 11.3 Å². The fourth-order valence-electron chi connectivity index (χ4n) is 2.35. The molecular weight excluding hydrogens is 294 g/mol. The van der Waals surface area contributed by atoms with Crippen molar-refractivity contribution < 1.29 is 8.42 Å². The third-order valence-electron chi connectivity index (χ3n) is 3.38. The molecule has 0 aliphatic carbocycles. The summed E-state index contributed by atoms with van der Waals surface area (Å²) in [5.74, 6) is 1.07. The van der Waals surface area contributed by atoms with Crippen LogP contribution in [0, 0.1) is 6.92 Å². The largest absolute Gasteiger partial charge is 0.335 e. The van der Waals surface area contributed by atoms with Gasteiger partial charge in [-0.3, -0.25) is 0 Å². The molecule has 108 valence electrons. The van der Waals surface area contributed by atoms with E-state index >= 15 is 0 Å². The average molecular weight is 311 g/mol. The Kier molecular flexibility index (Phi) is 3.66. The number of hydrogen-bond acceptors (Lipinski definition) is 4. The molecule has 3 heterocycles. The molecule has 0 radical (unpaired) electrons. The van der Waals surface area contributed by atoms with Crippen LogP contribution >= 0.6 is 11.3 Å². The first-order valence-electron chi connectivity index (χ1n) is 6.66. The number of hydrogen-bond donors (Lipinski definition) is 1. The van der Waals surface area contributed by atoms with E-state index in [1.165, 1.54) is 17.8 Å². The Morgan fingerprint density at radius 3 is 2.95 bits per heavy atom. The Balaban J connectivity index is 1.71. The molecule has 0 aromatic carbocycles. The van der Waals surface area contributed by atoms with Crippen LogP contribution in [0.4, 0.5) is 0 Å². The van der Waals surface area contributed by atoms with E-state index < -0.39 is 10.0 Å². The van der Waals surface area contributed by atoms with E-state index in [1.54, 1.807) is 6.07 Å². The molecule has 0 saturated carbocycles. The summed E-state index contributed by atoms with van der Waals surface area (Å²) in [4.78, 5) is 5.48. The number of nitrogens with zero attached hydrogens (tertiary/aromatic N) is 2. The van der Waals surface area contributed by atoms with Gasteiger partial charge in [0.1, 0.15) is 10.0 Å². The smallest absolute Gasteiger partial charge is 0.250 e. The predicted molar refractivity (Wildman–Crippen MR) is 78.2 cm³/mol. The number of thiophene rings is 1. The molecule has 1 aliphatic rings. The SMILES string of the molecule is Cc1ccc(S(=O)(=O)NCc2cn3c(n2)CCCC3)s1. The van der Waals surface area contributed by atoms with Gasteiger partial charge in [-0.1, -0.05) is 0 Å². The van der Waals surface area contributed by atoms with Gasteiger partial charge in [-0.2, -0.15) is 0 Å². The maximum atomic E-state index is 12.1. The first kappa shape index (κ1) is 13.8. The van der Waals surface area contributed by atoms with Crippen LogP contribution in [-0.4, -0.2) is 18.0 Å². The Morgan fingerprint density at radius 2 is 2.25 bits per heavy atom. The van der Waals surface area contributed by atoms with E-state index in [-0.39, 0.29) is 6.54 Å². The van der Waals surface area contributed by atoms with Crippen molar-refractivity contribution in [2.45, 2.75) is 43.5 Å². The van der Waals surface area contributed by atoms with Gasteiger partial charge in [0.25, 0.3) is 0 Å². The van der Waals surface area contributed by atoms with E-state index in [1.807, 2.05) is 19.2 Å². The zero-order valence-electron chi connectivity index (χ0n) is 11.3. The summed E-state index contributed by atoms with van der Waals surface area (Å²) >= 11 is 1.28. The number of fused-ring (bicyclic) bond motifs is 1. The molecule has 0 unspecified atom stereocenters. The lowest BCUT2D eigenvalue weighted by atomic mass is 10.2. The minimum atomic E-state index is -3.42. The number of nitrogens with one attached hydrogen (secondary N) is 1. The molecule has 0 fully saturated rings. The maximum Gasteiger partial charge on any atom is 0.250 e. The zero-order valence-corrected chi connectivity index (χ0v) is 12.9. The van der Waals surface area contributed by atoms with Gasteiger partial charge >= 0.3 is 0 Å². The van der Waals surface area contributed by atoms with Gasteiger partial charge in [0.15, 0.2) is 0 Å². The highest BCUT2D eigenvalue weighted by Gasteiger charge is 2.17. The summed E-state index contributed by atoms with van der Waals surface area (Å²) in [6.07, 6.45) is 5.27. The van der Waals surface area contributed by atoms with E-state index in [0.717, 1.165) is 35.8 Å². The average Bonchev–Trinajstić information content (AvgIpc) is 3.02. The minimum absolute atomic E-state index is 0.249. The zero-order chi connectivity index (χ0) is 14.2. The van der Waals surface area contributed by atoms with Crippen molar-refractivity contribution in [3.05, 3.63) is 34.7 Å². The Hall–Kier alpha value is -1.18. The number of rotatable bonds is 4. The third kappa shape index (κ3) is 2.79. The highest BCUT2D eigenvalue weighted by atomic mass is 32.2. The van der Waals surface area contributed by atoms with Crippen LogP contribution in [0.5, 0.6) is 0 Å². The number of aryl methyl sites for hydroxylation is 3. The molecule has 20 heavy (non-hydrogen) atoms. The van der Waals surface area contributed by atoms with Crippen molar-refractivity contribution in [1.82, 2.24) is 14.3 Å². The van der Waals surface area contributed by atoms with E-state index in [9.17, 15) is 8.42 Å². The first-order valence-corrected chi connectivity index (χ1v) is 8.95. The summed E-state index contributed by atoms with van der Waals surface area (Å²) in [5.41, 5.74) is 0.791. The topological polar surface area (TPSA) is 64.0 Å². The molecule has 0 amide bonds. The molecule has 3 rings (SSSR count). The van der Waals surface area contributed by atoms with Gasteiger partial charge in [-0.25, -0.2) is 18.1 Å². The molecule has 5 nitrogen and oxygen atoms in total. The summed E-state index contributed by atoms with van der Waals surface area (Å²) in [6, 6.07) is 3.45. The molecule has 2 aromatic heterocycles. The molecule has 0 bridgehead atoms. The van der Waals surface area contributed by atoms with Crippen LogP contribution in [0.3, 0.4) is 0 Å². The van der Waals surface area contributed by atoms with Crippen LogP contribution in [-0.2, 0) is 29.5 Å². The van der Waals surface area contributed by atoms with Gasteiger partial charge in [0.2, 0.25) is 10.0 Å². The lowest BCUT2D eigenvalue weighted by Crippen LogP contribution is -2.22. The summed E-state index contributed by atoms with van der Waals surface area (Å²) in [7, 11) is -3.42. The second kappa shape index (κ2) is 5.31. The number of aromatic nitrogens is 2. The fourth-order valence-corrected chi connectivity index (χ4v) is 4.68. The van der Waals surface area contributed by atoms with Crippen LogP contribution in [0.2, 0.25) is 0 Å².